The molecule has 2 aromatic carbocycles. The summed E-state index contributed by atoms with van der Waals surface area (Å²) in [5.41, 5.74) is 3.01. The normalized spacial score (nSPS) is 11.7. The molecule has 1 N–H and O–H groups in total. The number of rotatable bonds is 5. The number of nitrogens with one attached hydrogen (secondary N) is 1. The number of anilines is 1. The van der Waals surface area contributed by atoms with Crippen molar-refractivity contribution in [2.75, 3.05) is 11.9 Å². The Morgan fingerprint density at radius 2 is 1.95 bits per heavy atom. The molecular formula is C17H17BrN2. The van der Waals surface area contributed by atoms with Gasteiger partial charge < -0.3 is 5.32 Å². The quantitative estimate of drug-likeness (QED) is 0.844. The first-order chi connectivity index (χ1) is 9.69. The predicted octanol–water partition coefficient (Wildman–Crippen LogP) is 4.93. The molecule has 0 radical (unpaired) electrons. The van der Waals surface area contributed by atoms with Crippen LogP contribution in [0.2, 0.25) is 0 Å². The lowest BCUT2D eigenvalue weighted by Crippen LogP contribution is -2.06. The molecule has 0 fully saturated rings. The van der Waals surface area contributed by atoms with Gasteiger partial charge in [0, 0.05) is 16.7 Å². The average Bonchev–Trinajstić information content (AvgIpc) is 2.47. The second kappa shape index (κ2) is 7.12. The van der Waals surface area contributed by atoms with E-state index in [0.29, 0.717) is 11.5 Å². The van der Waals surface area contributed by atoms with Gasteiger partial charge >= 0.3 is 0 Å². The van der Waals surface area contributed by atoms with Gasteiger partial charge in [0.1, 0.15) is 0 Å². The van der Waals surface area contributed by atoms with Crippen molar-refractivity contribution in [2.45, 2.75) is 19.3 Å². The Bertz CT molecular complexity index is 602. The molecule has 0 aliphatic rings. The van der Waals surface area contributed by atoms with Gasteiger partial charge in [-0.1, -0.05) is 53.2 Å². The molecule has 0 aliphatic carbocycles. The molecule has 0 heterocycles. The Balaban J connectivity index is 1.90. The molecule has 0 aromatic heterocycles. The van der Waals surface area contributed by atoms with E-state index in [9.17, 15) is 0 Å². The Labute approximate surface area is 128 Å². The summed E-state index contributed by atoms with van der Waals surface area (Å²) in [6.07, 6.45) is 1.05. The smallest absolute Gasteiger partial charge is 0.0992 e. The largest absolute Gasteiger partial charge is 0.385 e. The average molecular weight is 329 g/mol. The van der Waals surface area contributed by atoms with Crippen LogP contribution >= 0.6 is 15.9 Å². The van der Waals surface area contributed by atoms with Crippen molar-refractivity contribution in [1.82, 2.24) is 0 Å². The topological polar surface area (TPSA) is 35.8 Å². The fourth-order valence-electron chi connectivity index (χ4n) is 2.14. The monoisotopic (exact) mass is 328 g/mol. The van der Waals surface area contributed by atoms with Crippen LogP contribution in [0.5, 0.6) is 0 Å². The first kappa shape index (κ1) is 14.6. The van der Waals surface area contributed by atoms with Crippen LogP contribution in [0.4, 0.5) is 5.69 Å². The lowest BCUT2D eigenvalue weighted by Gasteiger charge is -2.13. The fraction of sp³-hybridized carbons (Fsp3) is 0.235. The molecule has 0 amide bonds. The van der Waals surface area contributed by atoms with Crippen LogP contribution in [0, 0.1) is 11.3 Å². The third-order valence-corrected chi connectivity index (χ3v) is 3.76. The van der Waals surface area contributed by atoms with E-state index >= 15 is 0 Å². The molecule has 1 unspecified atom stereocenters. The van der Waals surface area contributed by atoms with Gasteiger partial charge in [0.25, 0.3) is 0 Å². The number of nitrogens with zero attached hydrogens (tertiary/aromatic N) is 1. The Morgan fingerprint density at radius 3 is 2.65 bits per heavy atom. The van der Waals surface area contributed by atoms with Gasteiger partial charge in [-0.15, -0.1) is 0 Å². The van der Waals surface area contributed by atoms with Gasteiger partial charge in [-0.3, -0.25) is 0 Å². The molecule has 0 bridgehead atoms. The van der Waals surface area contributed by atoms with Crippen LogP contribution in [0.15, 0.2) is 53.0 Å². The summed E-state index contributed by atoms with van der Waals surface area (Å²) in [6.45, 7) is 3.12. The van der Waals surface area contributed by atoms with Crippen molar-refractivity contribution in [2.24, 2.45) is 0 Å². The highest BCUT2D eigenvalue weighted by Gasteiger charge is 2.05. The number of nitriles is 1. The third-order valence-electron chi connectivity index (χ3n) is 3.30. The lowest BCUT2D eigenvalue weighted by atomic mass is 9.98. The summed E-state index contributed by atoms with van der Waals surface area (Å²) in [4.78, 5) is 0. The van der Waals surface area contributed by atoms with E-state index in [-0.39, 0.29) is 0 Å². The second-order valence-corrected chi connectivity index (χ2v) is 5.78. The number of halogens is 1. The van der Waals surface area contributed by atoms with Crippen molar-refractivity contribution < 1.29 is 0 Å². The maximum absolute atomic E-state index is 8.95. The van der Waals surface area contributed by atoms with Crippen LogP contribution in [0.3, 0.4) is 0 Å². The van der Waals surface area contributed by atoms with Crippen LogP contribution in [-0.2, 0) is 0 Å². The number of hydrogen-bond acceptors (Lipinski definition) is 2. The zero-order chi connectivity index (χ0) is 14.4. The minimum absolute atomic E-state index is 0.520. The minimum Gasteiger partial charge on any atom is -0.385 e. The van der Waals surface area contributed by atoms with Crippen molar-refractivity contribution in [3.8, 4) is 6.07 Å². The predicted molar refractivity (Wildman–Crippen MR) is 86.8 cm³/mol. The highest BCUT2D eigenvalue weighted by atomic mass is 79.9. The molecule has 0 saturated heterocycles. The Kier molecular flexibility index (Phi) is 5.20. The molecular weight excluding hydrogens is 312 g/mol. The van der Waals surface area contributed by atoms with E-state index in [1.54, 1.807) is 0 Å². The van der Waals surface area contributed by atoms with Gasteiger partial charge in [0.05, 0.1) is 11.6 Å². The fourth-order valence-corrected chi connectivity index (χ4v) is 2.63. The van der Waals surface area contributed by atoms with Crippen LogP contribution in [0.25, 0.3) is 0 Å². The molecule has 2 aromatic rings. The molecule has 2 rings (SSSR count). The molecule has 20 heavy (non-hydrogen) atoms. The maximum atomic E-state index is 8.95. The molecule has 0 saturated carbocycles. The zero-order valence-corrected chi connectivity index (χ0v) is 13.0. The van der Waals surface area contributed by atoms with E-state index in [1.165, 1.54) is 5.56 Å². The van der Waals surface area contributed by atoms with E-state index in [0.717, 1.165) is 23.1 Å². The second-order valence-electron chi connectivity index (χ2n) is 4.87. The molecule has 0 aliphatic heterocycles. The third kappa shape index (κ3) is 4.11. The van der Waals surface area contributed by atoms with E-state index < -0.39 is 0 Å². The van der Waals surface area contributed by atoms with Crippen molar-refractivity contribution in [1.29, 1.82) is 5.26 Å². The Hall–Kier alpha value is -1.79. The van der Waals surface area contributed by atoms with Crippen molar-refractivity contribution in [3.05, 3.63) is 64.1 Å². The summed E-state index contributed by atoms with van der Waals surface area (Å²) in [5, 5.41) is 12.3. The molecule has 2 nitrogen and oxygen atoms in total. The first-order valence-corrected chi connectivity index (χ1v) is 7.48. The highest BCUT2D eigenvalue weighted by molar-refractivity contribution is 9.10. The lowest BCUT2D eigenvalue weighted by molar-refractivity contribution is 0.706. The molecule has 102 valence electrons. The molecule has 0 spiro atoms. The summed E-state index contributed by atoms with van der Waals surface area (Å²) < 4.78 is 0.926. The molecule has 3 heteroatoms. The highest BCUT2D eigenvalue weighted by Crippen LogP contribution is 2.21. The number of benzene rings is 2. The summed E-state index contributed by atoms with van der Waals surface area (Å²) in [5.74, 6) is 0.520. The molecule has 1 atom stereocenters. The SMILES string of the molecule is CC(CCNc1cc(Br)cc(C#N)c1)c1ccccc1. The van der Waals surface area contributed by atoms with E-state index in [2.05, 4.69) is 58.5 Å². The van der Waals surface area contributed by atoms with Gasteiger partial charge in [-0.2, -0.15) is 5.26 Å². The standard InChI is InChI=1S/C17H17BrN2/c1-13(15-5-3-2-4-6-15)7-8-20-17-10-14(12-19)9-16(18)11-17/h2-6,9-11,13,20H,7-8H2,1H3. The Morgan fingerprint density at radius 1 is 1.20 bits per heavy atom. The van der Waals surface area contributed by atoms with Crippen LogP contribution < -0.4 is 5.32 Å². The first-order valence-electron chi connectivity index (χ1n) is 6.68. The maximum Gasteiger partial charge on any atom is 0.0992 e. The van der Waals surface area contributed by atoms with E-state index in [1.807, 2.05) is 24.3 Å². The number of hydrogen-bond donors (Lipinski definition) is 1. The van der Waals surface area contributed by atoms with Gasteiger partial charge in [-0.05, 0) is 36.1 Å². The van der Waals surface area contributed by atoms with Crippen LogP contribution in [0.1, 0.15) is 30.4 Å². The van der Waals surface area contributed by atoms with Gasteiger partial charge in [0.15, 0.2) is 0 Å². The van der Waals surface area contributed by atoms with Gasteiger partial charge in [0.2, 0.25) is 0 Å². The van der Waals surface area contributed by atoms with Gasteiger partial charge in [-0.25, -0.2) is 0 Å². The summed E-state index contributed by atoms with van der Waals surface area (Å²) in [7, 11) is 0. The minimum atomic E-state index is 0.520. The van der Waals surface area contributed by atoms with Crippen LogP contribution in [-0.4, -0.2) is 6.54 Å². The zero-order valence-electron chi connectivity index (χ0n) is 11.4. The van der Waals surface area contributed by atoms with Crippen molar-refractivity contribution in [3.63, 3.8) is 0 Å². The van der Waals surface area contributed by atoms with Crippen molar-refractivity contribution >= 4 is 21.6 Å². The summed E-state index contributed by atoms with van der Waals surface area (Å²) in [6, 6.07) is 18.4. The summed E-state index contributed by atoms with van der Waals surface area (Å²) >= 11 is 3.42. The van der Waals surface area contributed by atoms with E-state index in [4.69, 9.17) is 5.26 Å².